The summed E-state index contributed by atoms with van der Waals surface area (Å²) >= 11 is 0. The van der Waals surface area contributed by atoms with Crippen LogP contribution in [-0.4, -0.2) is 35.6 Å². The molecule has 0 amide bonds. The van der Waals surface area contributed by atoms with Gasteiger partial charge in [0.15, 0.2) is 0 Å². The van der Waals surface area contributed by atoms with E-state index >= 15 is 0 Å². The van der Waals surface area contributed by atoms with Gasteiger partial charge in [-0.25, -0.2) is 9.97 Å². The lowest BCUT2D eigenvalue weighted by Crippen LogP contribution is -2.37. The Morgan fingerprint density at radius 1 is 1.38 bits per heavy atom. The Morgan fingerprint density at radius 3 is 2.71 bits per heavy atom. The van der Waals surface area contributed by atoms with Gasteiger partial charge in [0.05, 0.1) is 12.5 Å². The SMILES string of the molecule is CCOC(=O)C1CCN(c2cc(CC(C)C)ncn2)CC1. The largest absolute Gasteiger partial charge is 0.466 e. The maximum atomic E-state index is 11.8. The number of esters is 1. The van der Waals surface area contributed by atoms with Crippen LogP contribution in [0.4, 0.5) is 5.82 Å². The molecule has 0 radical (unpaired) electrons. The molecule has 1 aromatic rings. The second kappa shape index (κ2) is 7.38. The fraction of sp³-hybridized carbons (Fsp3) is 0.688. The Hall–Kier alpha value is -1.65. The van der Waals surface area contributed by atoms with E-state index in [1.807, 2.05) is 6.92 Å². The van der Waals surface area contributed by atoms with Gasteiger partial charge in [0.2, 0.25) is 0 Å². The summed E-state index contributed by atoms with van der Waals surface area (Å²) in [4.78, 5) is 22.7. The summed E-state index contributed by atoms with van der Waals surface area (Å²) in [5.41, 5.74) is 1.09. The van der Waals surface area contributed by atoms with Crippen LogP contribution in [0.3, 0.4) is 0 Å². The molecular weight excluding hydrogens is 266 g/mol. The number of anilines is 1. The summed E-state index contributed by atoms with van der Waals surface area (Å²) in [7, 11) is 0. The molecule has 21 heavy (non-hydrogen) atoms. The zero-order valence-corrected chi connectivity index (χ0v) is 13.2. The van der Waals surface area contributed by atoms with E-state index < -0.39 is 0 Å². The fourth-order valence-corrected chi connectivity index (χ4v) is 2.69. The highest BCUT2D eigenvalue weighted by molar-refractivity contribution is 5.72. The number of carbonyl (C=O) groups excluding carboxylic acids is 1. The van der Waals surface area contributed by atoms with Crippen LogP contribution >= 0.6 is 0 Å². The average Bonchev–Trinajstić information content (AvgIpc) is 2.47. The average molecular weight is 291 g/mol. The van der Waals surface area contributed by atoms with Crippen molar-refractivity contribution in [3.8, 4) is 0 Å². The van der Waals surface area contributed by atoms with Crippen LogP contribution in [-0.2, 0) is 16.0 Å². The lowest BCUT2D eigenvalue weighted by atomic mass is 9.97. The van der Waals surface area contributed by atoms with Gasteiger partial charge in [-0.3, -0.25) is 4.79 Å². The molecule has 0 saturated carbocycles. The van der Waals surface area contributed by atoms with Gasteiger partial charge in [0, 0.05) is 24.8 Å². The van der Waals surface area contributed by atoms with Crippen LogP contribution in [0.1, 0.15) is 39.3 Å². The Kier molecular flexibility index (Phi) is 5.53. The fourth-order valence-electron chi connectivity index (χ4n) is 2.69. The summed E-state index contributed by atoms with van der Waals surface area (Å²) in [5, 5.41) is 0. The molecule has 116 valence electrons. The van der Waals surface area contributed by atoms with Gasteiger partial charge in [0.25, 0.3) is 0 Å². The van der Waals surface area contributed by atoms with Crippen molar-refractivity contribution in [2.45, 2.75) is 40.0 Å². The first-order valence-electron chi connectivity index (χ1n) is 7.82. The van der Waals surface area contributed by atoms with E-state index in [0.717, 1.165) is 43.9 Å². The normalized spacial score (nSPS) is 16.3. The highest BCUT2D eigenvalue weighted by atomic mass is 16.5. The van der Waals surface area contributed by atoms with Gasteiger partial charge in [-0.2, -0.15) is 0 Å². The van der Waals surface area contributed by atoms with Crippen molar-refractivity contribution < 1.29 is 9.53 Å². The maximum absolute atomic E-state index is 11.8. The molecule has 1 aromatic heterocycles. The minimum Gasteiger partial charge on any atom is -0.466 e. The first kappa shape index (κ1) is 15.7. The zero-order chi connectivity index (χ0) is 15.2. The number of aromatic nitrogens is 2. The van der Waals surface area contributed by atoms with Gasteiger partial charge in [-0.15, -0.1) is 0 Å². The predicted molar refractivity (Wildman–Crippen MR) is 82.1 cm³/mol. The molecule has 5 heteroatoms. The van der Waals surface area contributed by atoms with E-state index in [0.29, 0.717) is 12.5 Å². The monoisotopic (exact) mass is 291 g/mol. The number of piperidine rings is 1. The number of ether oxygens (including phenoxy) is 1. The van der Waals surface area contributed by atoms with Crippen molar-refractivity contribution in [1.82, 2.24) is 9.97 Å². The van der Waals surface area contributed by atoms with Crippen LogP contribution in [0.15, 0.2) is 12.4 Å². The smallest absolute Gasteiger partial charge is 0.309 e. The molecule has 1 fully saturated rings. The molecular formula is C16H25N3O2. The van der Waals surface area contributed by atoms with Crippen LogP contribution in [0.5, 0.6) is 0 Å². The molecule has 2 heterocycles. The van der Waals surface area contributed by atoms with E-state index in [2.05, 4.69) is 34.8 Å². The summed E-state index contributed by atoms with van der Waals surface area (Å²) in [6.45, 7) is 8.39. The van der Waals surface area contributed by atoms with Crippen molar-refractivity contribution in [3.05, 3.63) is 18.1 Å². The van der Waals surface area contributed by atoms with Gasteiger partial charge < -0.3 is 9.64 Å². The van der Waals surface area contributed by atoms with Crippen LogP contribution in [0, 0.1) is 11.8 Å². The van der Waals surface area contributed by atoms with Crippen molar-refractivity contribution in [3.63, 3.8) is 0 Å². The molecule has 0 bridgehead atoms. The first-order valence-corrected chi connectivity index (χ1v) is 7.82. The third-order valence-electron chi connectivity index (χ3n) is 3.77. The van der Waals surface area contributed by atoms with Crippen LogP contribution in [0.25, 0.3) is 0 Å². The second-order valence-electron chi connectivity index (χ2n) is 5.98. The minimum absolute atomic E-state index is 0.0400. The zero-order valence-electron chi connectivity index (χ0n) is 13.2. The minimum atomic E-state index is -0.0552. The lowest BCUT2D eigenvalue weighted by Gasteiger charge is -2.31. The van der Waals surface area contributed by atoms with Crippen molar-refractivity contribution in [2.75, 3.05) is 24.6 Å². The van der Waals surface area contributed by atoms with E-state index in [1.54, 1.807) is 6.33 Å². The number of carbonyl (C=O) groups is 1. The Labute approximate surface area is 126 Å². The topological polar surface area (TPSA) is 55.3 Å². The first-order chi connectivity index (χ1) is 10.1. The Bertz CT molecular complexity index is 468. The highest BCUT2D eigenvalue weighted by Crippen LogP contribution is 2.23. The van der Waals surface area contributed by atoms with Crippen LogP contribution in [0.2, 0.25) is 0 Å². The standard InChI is InChI=1S/C16H25N3O2/c1-4-21-16(20)13-5-7-19(8-6-13)15-10-14(9-12(2)3)17-11-18-15/h10-13H,4-9H2,1-3H3. The molecule has 2 rings (SSSR count). The molecule has 1 aliphatic heterocycles. The molecule has 1 aliphatic rings. The quantitative estimate of drug-likeness (QED) is 0.780. The number of hydrogen-bond donors (Lipinski definition) is 0. The second-order valence-corrected chi connectivity index (χ2v) is 5.98. The molecule has 0 N–H and O–H groups in total. The maximum Gasteiger partial charge on any atom is 0.309 e. The summed E-state index contributed by atoms with van der Waals surface area (Å²) < 4.78 is 5.10. The van der Waals surface area contributed by atoms with E-state index in [1.165, 1.54) is 0 Å². The molecule has 0 aromatic carbocycles. The lowest BCUT2D eigenvalue weighted by molar-refractivity contribution is -0.148. The molecule has 0 spiro atoms. The number of nitrogens with zero attached hydrogens (tertiary/aromatic N) is 3. The van der Waals surface area contributed by atoms with E-state index in [4.69, 9.17) is 4.74 Å². The van der Waals surface area contributed by atoms with Crippen LogP contribution < -0.4 is 4.90 Å². The molecule has 1 saturated heterocycles. The van der Waals surface area contributed by atoms with Gasteiger partial charge in [-0.1, -0.05) is 13.8 Å². The molecule has 0 unspecified atom stereocenters. The van der Waals surface area contributed by atoms with Gasteiger partial charge >= 0.3 is 5.97 Å². The van der Waals surface area contributed by atoms with E-state index in [-0.39, 0.29) is 11.9 Å². The summed E-state index contributed by atoms with van der Waals surface area (Å²) in [6, 6.07) is 2.07. The third-order valence-corrected chi connectivity index (χ3v) is 3.77. The molecule has 5 nitrogen and oxygen atoms in total. The number of hydrogen-bond acceptors (Lipinski definition) is 5. The highest BCUT2D eigenvalue weighted by Gasteiger charge is 2.26. The predicted octanol–water partition coefficient (Wildman–Crippen LogP) is 2.45. The van der Waals surface area contributed by atoms with Gasteiger partial charge in [-0.05, 0) is 32.1 Å². The van der Waals surface area contributed by atoms with Gasteiger partial charge in [0.1, 0.15) is 12.1 Å². The van der Waals surface area contributed by atoms with Crippen molar-refractivity contribution >= 4 is 11.8 Å². The Morgan fingerprint density at radius 2 is 2.10 bits per heavy atom. The summed E-state index contributed by atoms with van der Waals surface area (Å²) in [6.07, 6.45) is 4.28. The molecule has 0 atom stereocenters. The Balaban J connectivity index is 1.94. The van der Waals surface area contributed by atoms with Crippen molar-refractivity contribution in [2.24, 2.45) is 11.8 Å². The number of rotatable bonds is 5. The van der Waals surface area contributed by atoms with E-state index in [9.17, 15) is 4.79 Å². The van der Waals surface area contributed by atoms with Crippen molar-refractivity contribution in [1.29, 1.82) is 0 Å². The molecule has 0 aliphatic carbocycles. The summed E-state index contributed by atoms with van der Waals surface area (Å²) in [5.74, 6) is 1.55. The third kappa shape index (κ3) is 4.41.